The molecule has 3 nitrogen and oxygen atoms in total. The molecule has 2 atom stereocenters. The summed E-state index contributed by atoms with van der Waals surface area (Å²) in [5.74, 6) is 0. The van der Waals surface area contributed by atoms with Crippen molar-refractivity contribution in [2.24, 2.45) is 0 Å². The van der Waals surface area contributed by atoms with Crippen LogP contribution in [0.25, 0.3) is 0 Å². The Morgan fingerprint density at radius 2 is 1.81 bits per heavy atom. The van der Waals surface area contributed by atoms with Crippen molar-refractivity contribution in [2.75, 3.05) is 20.2 Å². The number of hydrogen-bond acceptors (Lipinski definition) is 3. The van der Waals surface area contributed by atoms with Crippen molar-refractivity contribution in [3.8, 4) is 0 Å². The molecule has 0 spiro atoms. The molecular formula is C13H25NO2. The van der Waals surface area contributed by atoms with Crippen LogP contribution in [0.15, 0.2) is 0 Å². The minimum Gasteiger partial charge on any atom is -0.379 e. The van der Waals surface area contributed by atoms with Gasteiger partial charge < -0.3 is 9.47 Å². The monoisotopic (exact) mass is 227 g/mol. The summed E-state index contributed by atoms with van der Waals surface area (Å²) < 4.78 is 11.4. The Balaban J connectivity index is 1.85. The second-order valence-corrected chi connectivity index (χ2v) is 5.39. The van der Waals surface area contributed by atoms with Gasteiger partial charge in [0.1, 0.15) is 0 Å². The highest BCUT2D eigenvalue weighted by Crippen LogP contribution is 2.29. The maximum Gasteiger partial charge on any atom is 0.0825 e. The summed E-state index contributed by atoms with van der Waals surface area (Å²) in [5, 5.41) is 0. The van der Waals surface area contributed by atoms with Crippen LogP contribution in [-0.2, 0) is 9.47 Å². The molecule has 1 saturated heterocycles. The van der Waals surface area contributed by atoms with Crippen molar-refractivity contribution in [1.82, 2.24) is 4.90 Å². The molecule has 2 unspecified atom stereocenters. The fourth-order valence-corrected chi connectivity index (χ4v) is 2.89. The van der Waals surface area contributed by atoms with Crippen LogP contribution in [0.2, 0.25) is 0 Å². The van der Waals surface area contributed by atoms with Crippen molar-refractivity contribution in [2.45, 2.75) is 63.9 Å². The van der Waals surface area contributed by atoms with E-state index in [9.17, 15) is 0 Å². The number of rotatable bonds is 4. The SMILES string of the molecule is COC1CN(C2CCCCC2OC(C)C)C1. The van der Waals surface area contributed by atoms with Crippen molar-refractivity contribution in [3.63, 3.8) is 0 Å². The maximum atomic E-state index is 6.05. The molecule has 1 heterocycles. The molecule has 0 radical (unpaired) electrons. The van der Waals surface area contributed by atoms with Gasteiger partial charge in [0.05, 0.1) is 18.3 Å². The first kappa shape index (κ1) is 12.3. The van der Waals surface area contributed by atoms with Crippen LogP contribution in [0.1, 0.15) is 39.5 Å². The first-order chi connectivity index (χ1) is 7.70. The van der Waals surface area contributed by atoms with E-state index >= 15 is 0 Å². The molecule has 1 saturated carbocycles. The highest BCUT2D eigenvalue weighted by Gasteiger charge is 2.38. The average Bonchev–Trinajstić information content (AvgIpc) is 2.18. The molecule has 3 heteroatoms. The van der Waals surface area contributed by atoms with Gasteiger partial charge in [-0.3, -0.25) is 4.90 Å². The summed E-state index contributed by atoms with van der Waals surface area (Å²) in [7, 11) is 1.81. The Labute approximate surface area is 99.1 Å². The molecule has 0 aromatic rings. The lowest BCUT2D eigenvalue weighted by Crippen LogP contribution is -2.60. The van der Waals surface area contributed by atoms with E-state index in [-0.39, 0.29) is 0 Å². The Bertz CT molecular complexity index is 214. The lowest BCUT2D eigenvalue weighted by atomic mass is 9.89. The van der Waals surface area contributed by atoms with Crippen LogP contribution in [0.5, 0.6) is 0 Å². The summed E-state index contributed by atoms with van der Waals surface area (Å²) in [6, 6.07) is 0.641. The summed E-state index contributed by atoms with van der Waals surface area (Å²) in [4.78, 5) is 2.54. The van der Waals surface area contributed by atoms with E-state index in [0.29, 0.717) is 24.4 Å². The number of nitrogens with zero attached hydrogens (tertiary/aromatic N) is 1. The Morgan fingerprint density at radius 1 is 1.12 bits per heavy atom. The van der Waals surface area contributed by atoms with Gasteiger partial charge in [0.15, 0.2) is 0 Å². The van der Waals surface area contributed by atoms with Crippen LogP contribution in [0, 0.1) is 0 Å². The fourth-order valence-electron chi connectivity index (χ4n) is 2.89. The normalized spacial score (nSPS) is 33.0. The van der Waals surface area contributed by atoms with Crippen molar-refractivity contribution < 1.29 is 9.47 Å². The predicted octanol–water partition coefficient (Wildman–Crippen LogP) is 2.05. The van der Waals surface area contributed by atoms with Gasteiger partial charge in [0, 0.05) is 26.2 Å². The van der Waals surface area contributed by atoms with E-state index in [1.165, 1.54) is 25.7 Å². The molecule has 0 N–H and O–H groups in total. The quantitative estimate of drug-likeness (QED) is 0.734. The highest BCUT2D eigenvalue weighted by atomic mass is 16.5. The molecule has 2 fully saturated rings. The molecule has 0 aromatic carbocycles. The molecule has 2 aliphatic rings. The van der Waals surface area contributed by atoms with Crippen molar-refractivity contribution in [1.29, 1.82) is 0 Å². The fraction of sp³-hybridized carbons (Fsp3) is 1.00. The zero-order chi connectivity index (χ0) is 11.5. The lowest BCUT2D eigenvalue weighted by Gasteiger charge is -2.48. The first-order valence-corrected chi connectivity index (χ1v) is 6.63. The third-order valence-corrected chi connectivity index (χ3v) is 3.79. The van der Waals surface area contributed by atoms with Gasteiger partial charge in [-0.25, -0.2) is 0 Å². The Hall–Kier alpha value is -0.120. The third-order valence-electron chi connectivity index (χ3n) is 3.79. The van der Waals surface area contributed by atoms with E-state index in [1.807, 2.05) is 7.11 Å². The van der Waals surface area contributed by atoms with Crippen LogP contribution in [-0.4, -0.2) is 49.5 Å². The van der Waals surface area contributed by atoms with Crippen LogP contribution in [0.4, 0.5) is 0 Å². The zero-order valence-corrected chi connectivity index (χ0v) is 10.8. The predicted molar refractivity (Wildman–Crippen MR) is 64.6 cm³/mol. The highest BCUT2D eigenvalue weighted by molar-refractivity contribution is 4.92. The lowest BCUT2D eigenvalue weighted by molar-refractivity contribution is -0.116. The minimum atomic E-state index is 0.352. The van der Waals surface area contributed by atoms with E-state index in [4.69, 9.17) is 9.47 Å². The summed E-state index contributed by atoms with van der Waals surface area (Å²) in [6.45, 7) is 6.47. The maximum absolute atomic E-state index is 6.05. The largest absolute Gasteiger partial charge is 0.379 e. The molecule has 0 bridgehead atoms. The van der Waals surface area contributed by atoms with Gasteiger partial charge in [0.25, 0.3) is 0 Å². The second kappa shape index (κ2) is 5.48. The average molecular weight is 227 g/mol. The molecule has 1 aliphatic heterocycles. The number of hydrogen-bond donors (Lipinski definition) is 0. The molecular weight excluding hydrogens is 202 g/mol. The first-order valence-electron chi connectivity index (χ1n) is 6.63. The van der Waals surface area contributed by atoms with Crippen LogP contribution >= 0.6 is 0 Å². The zero-order valence-electron chi connectivity index (χ0n) is 10.8. The molecule has 94 valence electrons. The van der Waals surface area contributed by atoms with E-state index in [1.54, 1.807) is 0 Å². The van der Waals surface area contributed by atoms with Crippen molar-refractivity contribution >= 4 is 0 Å². The van der Waals surface area contributed by atoms with E-state index in [0.717, 1.165) is 13.1 Å². The van der Waals surface area contributed by atoms with Crippen LogP contribution < -0.4 is 0 Å². The molecule has 2 rings (SSSR count). The van der Waals surface area contributed by atoms with Crippen molar-refractivity contribution in [3.05, 3.63) is 0 Å². The van der Waals surface area contributed by atoms with Gasteiger partial charge in [0.2, 0.25) is 0 Å². The molecule has 16 heavy (non-hydrogen) atoms. The summed E-state index contributed by atoms with van der Waals surface area (Å²) in [6.07, 6.45) is 6.48. The molecule has 1 aliphatic carbocycles. The Kier molecular flexibility index (Phi) is 4.22. The van der Waals surface area contributed by atoms with Gasteiger partial charge in [-0.2, -0.15) is 0 Å². The van der Waals surface area contributed by atoms with Gasteiger partial charge >= 0.3 is 0 Å². The van der Waals surface area contributed by atoms with Gasteiger partial charge in [-0.05, 0) is 26.7 Å². The molecule has 0 amide bonds. The number of ether oxygens (including phenoxy) is 2. The second-order valence-electron chi connectivity index (χ2n) is 5.39. The number of likely N-dealkylation sites (tertiary alicyclic amines) is 1. The third kappa shape index (κ3) is 2.76. The molecule has 0 aromatic heterocycles. The number of methoxy groups -OCH3 is 1. The Morgan fingerprint density at radius 3 is 2.44 bits per heavy atom. The van der Waals surface area contributed by atoms with E-state index in [2.05, 4.69) is 18.7 Å². The summed E-state index contributed by atoms with van der Waals surface area (Å²) in [5.41, 5.74) is 0. The standard InChI is InChI=1S/C13H25NO2/c1-10(2)16-13-7-5-4-6-12(13)14-8-11(9-14)15-3/h10-13H,4-9H2,1-3H3. The van der Waals surface area contributed by atoms with Crippen LogP contribution in [0.3, 0.4) is 0 Å². The smallest absolute Gasteiger partial charge is 0.0825 e. The topological polar surface area (TPSA) is 21.7 Å². The minimum absolute atomic E-state index is 0.352. The van der Waals surface area contributed by atoms with Gasteiger partial charge in [-0.15, -0.1) is 0 Å². The van der Waals surface area contributed by atoms with Gasteiger partial charge in [-0.1, -0.05) is 12.8 Å². The van der Waals surface area contributed by atoms with E-state index < -0.39 is 0 Å². The summed E-state index contributed by atoms with van der Waals surface area (Å²) >= 11 is 0.